The normalized spacial score (nSPS) is 10.1. The van der Waals surface area contributed by atoms with Crippen LogP contribution in [0.25, 0.3) is 11.3 Å². The highest BCUT2D eigenvalue weighted by Gasteiger charge is 2.17. The van der Waals surface area contributed by atoms with Crippen LogP contribution in [-0.4, -0.2) is 23.4 Å². The molecular formula is C12H11NO5. The second-order valence-electron chi connectivity index (χ2n) is 3.47. The van der Waals surface area contributed by atoms with E-state index in [4.69, 9.17) is 14.3 Å². The predicted octanol–water partition coefficient (Wildman–Crippen LogP) is 2.72. The molecule has 1 aromatic carbocycles. The fourth-order valence-corrected chi connectivity index (χ4v) is 1.51. The first kappa shape index (κ1) is 12.0. The first-order valence-corrected chi connectivity index (χ1v) is 5.13. The number of aryl methyl sites for hydroxylation is 1. The summed E-state index contributed by atoms with van der Waals surface area (Å²) in [7, 11) is 1.54. The van der Waals surface area contributed by atoms with Gasteiger partial charge in [0.05, 0.1) is 7.11 Å². The Kier molecular flexibility index (Phi) is 3.18. The standard InChI is InChI=1S/C12H11NO5/c1-7-13-11(18-12(14)15)10(17-7)8-4-3-5-9(6-8)16-2/h3-6H,1-2H3,(H,14,15). The fourth-order valence-electron chi connectivity index (χ4n) is 1.51. The molecule has 0 spiro atoms. The molecule has 0 fully saturated rings. The van der Waals surface area contributed by atoms with Gasteiger partial charge in [0, 0.05) is 12.5 Å². The molecule has 2 aromatic rings. The summed E-state index contributed by atoms with van der Waals surface area (Å²) in [5, 5.41) is 8.62. The Morgan fingerprint density at radius 2 is 2.22 bits per heavy atom. The van der Waals surface area contributed by atoms with E-state index in [0.29, 0.717) is 17.2 Å². The van der Waals surface area contributed by atoms with E-state index in [9.17, 15) is 4.79 Å². The molecule has 0 aliphatic carbocycles. The van der Waals surface area contributed by atoms with Crippen molar-refractivity contribution >= 4 is 6.16 Å². The maximum Gasteiger partial charge on any atom is 0.512 e. The number of aromatic nitrogens is 1. The van der Waals surface area contributed by atoms with Crippen molar-refractivity contribution in [2.75, 3.05) is 7.11 Å². The molecule has 0 bridgehead atoms. The van der Waals surface area contributed by atoms with E-state index in [2.05, 4.69) is 9.72 Å². The Labute approximate surface area is 103 Å². The van der Waals surface area contributed by atoms with E-state index in [-0.39, 0.29) is 11.6 Å². The molecule has 1 aromatic heterocycles. The van der Waals surface area contributed by atoms with Crippen LogP contribution >= 0.6 is 0 Å². The molecule has 0 amide bonds. The molecule has 0 saturated carbocycles. The van der Waals surface area contributed by atoms with Gasteiger partial charge in [0.25, 0.3) is 5.88 Å². The minimum atomic E-state index is -1.44. The number of hydrogen-bond donors (Lipinski definition) is 1. The lowest BCUT2D eigenvalue weighted by Crippen LogP contribution is -2.04. The van der Waals surface area contributed by atoms with Gasteiger partial charge < -0.3 is 19.0 Å². The third-order valence-electron chi connectivity index (χ3n) is 2.22. The molecule has 0 aliphatic heterocycles. The average Bonchev–Trinajstić information content (AvgIpc) is 2.69. The Balaban J connectivity index is 2.45. The molecule has 0 aliphatic rings. The molecule has 6 nitrogen and oxygen atoms in total. The number of ether oxygens (including phenoxy) is 2. The molecule has 18 heavy (non-hydrogen) atoms. The average molecular weight is 249 g/mol. The predicted molar refractivity (Wildman–Crippen MR) is 61.9 cm³/mol. The highest BCUT2D eigenvalue weighted by molar-refractivity contribution is 5.69. The smallest absolute Gasteiger partial charge is 0.497 e. The summed E-state index contributed by atoms with van der Waals surface area (Å²) in [6.45, 7) is 1.61. The zero-order valence-electron chi connectivity index (χ0n) is 9.84. The third kappa shape index (κ3) is 2.42. The minimum Gasteiger partial charge on any atom is -0.497 e. The number of nitrogens with zero attached hydrogens (tertiary/aromatic N) is 1. The number of carboxylic acid groups (broad SMARTS) is 1. The van der Waals surface area contributed by atoms with Gasteiger partial charge in [-0.1, -0.05) is 12.1 Å². The Hall–Kier alpha value is -2.50. The number of oxazole rings is 1. The SMILES string of the molecule is COc1cccc(-c2oc(C)nc2OC(=O)O)c1. The van der Waals surface area contributed by atoms with Crippen LogP contribution in [0.2, 0.25) is 0 Å². The number of rotatable bonds is 3. The summed E-state index contributed by atoms with van der Waals surface area (Å²) in [6.07, 6.45) is -1.44. The molecular weight excluding hydrogens is 238 g/mol. The number of methoxy groups -OCH3 is 1. The summed E-state index contributed by atoms with van der Waals surface area (Å²) < 4.78 is 15.0. The first-order chi connectivity index (χ1) is 8.60. The van der Waals surface area contributed by atoms with Gasteiger partial charge in [-0.25, -0.2) is 4.79 Å². The number of carbonyl (C=O) groups is 1. The summed E-state index contributed by atoms with van der Waals surface area (Å²) in [4.78, 5) is 14.4. The van der Waals surface area contributed by atoms with Gasteiger partial charge in [-0.2, -0.15) is 4.98 Å². The molecule has 1 heterocycles. The Bertz CT molecular complexity index is 576. The lowest BCUT2D eigenvalue weighted by molar-refractivity contribution is 0.143. The molecule has 94 valence electrons. The first-order valence-electron chi connectivity index (χ1n) is 5.13. The van der Waals surface area contributed by atoms with E-state index in [1.165, 1.54) is 0 Å². The zero-order chi connectivity index (χ0) is 13.1. The summed E-state index contributed by atoms with van der Waals surface area (Å²) >= 11 is 0. The van der Waals surface area contributed by atoms with E-state index in [0.717, 1.165) is 0 Å². The second kappa shape index (κ2) is 4.79. The van der Waals surface area contributed by atoms with E-state index >= 15 is 0 Å². The van der Waals surface area contributed by atoms with Crippen molar-refractivity contribution in [3.8, 4) is 23.0 Å². The summed E-state index contributed by atoms with van der Waals surface area (Å²) in [5.74, 6) is 1.13. The monoisotopic (exact) mass is 249 g/mol. The van der Waals surface area contributed by atoms with Crippen molar-refractivity contribution in [3.63, 3.8) is 0 Å². The summed E-state index contributed by atoms with van der Waals surface area (Å²) in [5.41, 5.74) is 0.631. The van der Waals surface area contributed by atoms with Crippen LogP contribution in [0.3, 0.4) is 0 Å². The lowest BCUT2D eigenvalue weighted by Gasteiger charge is -2.02. The van der Waals surface area contributed by atoms with Crippen molar-refractivity contribution in [2.24, 2.45) is 0 Å². The van der Waals surface area contributed by atoms with Crippen molar-refractivity contribution < 1.29 is 23.8 Å². The van der Waals surface area contributed by atoms with Gasteiger partial charge in [-0.15, -0.1) is 0 Å². The minimum absolute atomic E-state index is 0.0757. The molecule has 2 rings (SSSR count). The molecule has 6 heteroatoms. The van der Waals surface area contributed by atoms with Crippen LogP contribution in [0, 0.1) is 6.92 Å². The quantitative estimate of drug-likeness (QED) is 0.842. The Morgan fingerprint density at radius 3 is 2.89 bits per heavy atom. The van der Waals surface area contributed by atoms with Crippen LogP contribution in [0.4, 0.5) is 4.79 Å². The van der Waals surface area contributed by atoms with Gasteiger partial charge in [0.2, 0.25) is 0 Å². The van der Waals surface area contributed by atoms with Gasteiger partial charge in [0.1, 0.15) is 5.75 Å². The second-order valence-corrected chi connectivity index (χ2v) is 3.47. The van der Waals surface area contributed by atoms with Crippen molar-refractivity contribution in [3.05, 3.63) is 30.2 Å². The zero-order valence-corrected chi connectivity index (χ0v) is 9.84. The third-order valence-corrected chi connectivity index (χ3v) is 2.22. The molecule has 0 unspecified atom stereocenters. The van der Waals surface area contributed by atoms with Crippen LogP contribution < -0.4 is 9.47 Å². The van der Waals surface area contributed by atoms with Gasteiger partial charge in [-0.05, 0) is 12.1 Å². The highest BCUT2D eigenvalue weighted by Crippen LogP contribution is 2.32. The van der Waals surface area contributed by atoms with Crippen molar-refractivity contribution in [1.82, 2.24) is 4.98 Å². The summed E-state index contributed by atoms with van der Waals surface area (Å²) in [6, 6.07) is 6.98. The highest BCUT2D eigenvalue weighted by atomic mass is 16.7. The van der Waals surface area contributed by atoms with Gasteiger partial charge in [0.15, 0.2) is 11.7 Å². The van der Waals surface area contributed by atoms with Gasteiger partial charge in [-0.3, -0.25) is 0 Å². The molecule has 0 saturated heterocycles. The topological polar surface area (TPSA) is 81.8 Å². The van der Waals surface area contributed by atoms with E-state index < -0.39 is 6.16 Å². The molecule has 0 radical (unpaired) electrons. The van der Waals surface area contributed by atoms with E-state index in [1.54, 1.807) is 38.3 Å². The maximum atomic E-state index is 10.6. The fraction of sp³-hybridized carbons (Fsp3) is 0.167. The molecule has 1 N–H and O–H groups in total. The largest absolute Gasteiger partial charge is 0.512 e. The van der Waals surface area contributed by atoms with Crippen LogP contribution in [0.1, 0.15) is 5.89 Å². The van der Waals surface area contributed by atoms with Crippen molar-refractivity contribution in [2.45, 2.75) is 6.92 Å². The van der Waals surface area contributed by atoms with E-state index in [1.807, 2.05) is 0 Å². The van der Waals surface area contributed by atoms with Crippen LogP contribution in [-0.2, 0) is 0 Å². The number of hydrogen-bond acceptors (Lipinski definition) is 5. The van der Waals surface area contributed by atoms with Crippen LogP contribution in [0.15, 0.2) is 28.7 Å². The number of benzene rings is 1. The maximum absolute atomic E-state index is 10.6. The van der Waals surface area contributed by atoms with Crippen LogP contribution in [0.5, 0.6) is 11.6 Å². The Morgan fingerprint density at radius 1 is 1.44 bits per heavy atom. The van der Waals surface area contributed by atoms with Gasteiger partial charge >= 0.3 is 6.16 Å². The van der Waals surface area contributed by atoms with Crippen molar-refractivity contribution in [1.29, 1.82) is 0 Å². The molecule has 0 atom stereocenters. The lowest BCUT2D eigenvalue weighted by atomic mass is 10.2.